The number of alkyl halides is 8. The Morgan fingerprint density at radius 2 is 0.568 bits per heavy atom. The van der Waals surface area contributed by atoms with E-state index < -0.39 is 45.6 Å². The topological polar surface area (TPSA) is 0 Å². The number of hydrogen-bond donors (Lipinski definition) is 0. The van der Waals surface area contributed by atoms with Gasteiger partial charge in [0.25, 0.3) is 0 Å². The first-order chi connectivity index (χ1) is 20.9. The van der Waals surface area contributed by atoms with Gasteiger partial charge in [0.1, 0.15) is 0 Å². The number of hydrogen-bond acceptors (Lipinski definition) is 0. The summed E-state index contributed by atoms with van der Waals surface area (Å²) in [5.74, 6) is -24.4. The van der Waals surface area contributed by atoms with Gasteiger partial charge >= 0.3 is 23.7 Å². The average Bonchev–Trinajstić information content (AvgIpc) is 3.02. The summed E-state index contributed by atoms with van der Waals surface area (Å²) >= 11 is 0. The van der Waals surface area contributed by atoms with Crippen LogP contribution in [-0.2, 0) is 11.8 Å². The molecule has 0 aliphatic rings. The monoisotopic (exact) mass is 602 g/mol. The molecule has 0 heterocycles. The summed E-state index contributed by atoms with van der Waals surface area (Å²) in [6.07, 6.45) is 0. The minimum Gasteiger partial charge on any atom is -0.194 e. The summed E-state index contributed by atoms with van der Waals surface area (Å²) in [6.45, 7) is 0. The molecular weight excluding hydrogens is 584 g/mol. The van der Waals surface area contributed by atoms with Gasteiger partial charge < -0.3 is 0 Å². The maximum absolute atomic E-state index is 15.9. The summed E-state index contributed by atoms with van der Waals surface area (Å²) in [4.78, 5) is 0. The molecule has 8 aromatic carbocycles. The van der Waals surface area contributed by atoms with Crippen molar-refractivity contribution in [3.8, 4) is 0 Å². The lowest BCUT2D eigenvalue weighted by molar-refractivity contribution is -0.374. The van der Waals surface area contributed by atoms with Crippen LogP contribution in [0.5, 0.6) is 0 Å². The molecule has 0 atom stereocenters. The van der Waals surface area contributed by atoms with E-state index in [2.05, 4.69) is 0 Å². The maximum Gasteiger partial charge on any atom is 0.382 e. The Morgan fingerprint density at radius 3 is 0.909 bits per heavy atom. The van der Waals surface area contributed by atoms with Gasteiger partial charge in [-0.3, -0.25) is 0 Å². The predicted octanol–water partition coefficient (Wildman–Crippen LogP) is 11.6. The van der Waals surface area contributed by atoms with Gasteiger partial charge in [-0.2, -0.15) is 35.1 Å². The molecular formula is C36H18F8. The third-order valence-electron chi connectivity index (χ3n) is 8.92. The highest BCUT2D eigenvalue weighted by molar-refractivity contribution is 6.24. The number of rotatable bonds is 5. The molecule has 0 aromatic heterocycles. The quantitative estimate of drug-likeness (QED) is 0.136. The molecule has 8 aromatic rings. The van der Waals surface area contributed by atoms with E-state index in [1.807, 2.05) is 0 Å². The van der Waals surface area contributed by atoms with Crippen LogP contribution in [0.25, 0.3) is 64.6 Å². The Bertz CT molecular complexity index is 2210. The minimum atomic E-state index is -6.50. The Morgan fingerprint density at radius 1 is 0.295 bits per heavy atom. The van der Waals surface area contributed by atoms with Crippen molar-refractivity contribution in [3.63, 3.8) is 0 Å². The minimum absolute atomic E-state index is 0.162. The van der Waals surface area contributed by atoms with Crippen LogP contribution in [0.2, 0.25) is 0 Å². The molecule has 0 unspecified atom stereocenters. The summed E-state index contributed by atoms with van der Waals surface area (Å²) in [7, 11) is 0. The predicted molar refractivity (Wildman–Crippen MR) is 158 cm³/mol. The maximum atomic E-state index is 15.9. The zero-order chi connectivity index (χ0) is 30.8. The lowest BCUT2D eigenvalue weighted by atomic mass is 9.84. The van der Waals surface area contributed by atoms with Crippen molar-refractivity contribution in [2.24, 2.45) is 0 Å². The van der Waals surface area contributed by atoms with Crippen molar-refractivity contribution in [1.29, 1.82) is 0 Å². The Balaban J connectivity index is 1.32. The van der Waals surface area contributed by atoms with Crippen molar-refractivity contribution in [2.45, 2.75) is 23.7 Å². The van der Waals surface area contributed by atoms with E-state index in [9.17, 15) is 0 Å². The molecule has 0 saturated carbocycles. The second kappa shape index (κ2) is 8.46. The van der Waals surface area contributed by atoms with Gasteiger partial charge in [-0.05, 0) is 64.6 Å². The van der Waals surface area contributed by atoms with E-state index in [4.69, 9.17) is 0 Å². The van der Waals surface area contributed by atoms with Gasteiger partial charge in [-0.25, -0.2) is 0 Å². The Kier molecular flexibility index (Phi) is 5.17. The molecule has 0 radical (unpaired) electrons. The average molecular weight is 603 g/mol. The molecule has 0 amide bonds. The van der Waals surface area contributed by atoms with Crippen molar-refractivity contribution in [2.75, 3.05) is 0 Å². The first-order valence-electron chi connectivity index (χ1n) is 13.7. The fraction of sp³-hybridized carbons (Fsp3) is 0.111. The summed E-state index contributed by atoms with van der Waals surface area (Å²) in [5.41, 5.74) is -2.92. The van der Waals surface area contributed by atoms with E-state index in [-0.39, 0.29) is 10.8 Å². The van der Waals surface area contributed by atoms with Crippen LogP contribution in [-0.4, -0.2) is 11.8 Å². The highest BCUT2D eigenvalue weighted by Gasteiger charge is 2.81. The van der Waals surface area contributed by atoms with Crippen molar-refractivity contribution in [3.05, 3.63) is 120 Å². The fourth-order valence-electron chi connectivity index (χ4n) is 6.75. The highest BCUT2D eigenvalue weighted by atomic mass is 19.4. The lowest BCUT2D eigenvalue weighted by Crippen LogP contribution is -2.59. The molecule has 8 heteroatoms. The fourth-order valence-corrected chi connectivity index (χ4v) is 6.75. The second-order valence-electron chi connectivity index (χ2n) is 11.2. The molecule has 0 fully saturated rings. The zero-order valence-electron chi connectivity index (χ0n) is 22.4. The summed E-state index contributed by atoms with van der Waals surface area (Å²) < 4.78 is 126. The number of halogens is 8. The molecule has 0 aliphatic heterocycles. The molecule has 8 rings (SSSR count). The van der Waals surface area contributed by atoms with E-state index in [0.29, 0.717) is 55.2 Å². The van der Waals surface area contributed by atoms with E-state index in [1.165, 1.54) is 12.1 Å². The van der Waals surface area contributed by atoms with Crippen LogP contribution in [0.1, 0.15) is 11.1 Å². The molecule has 44 heavy (non-hydrogen) atoms. The van der Waals surface area contributed by atoms with Gasteiger partial charge in [-0.15, -0.1) is 0 Å². The molecule has 0 bridgehead atoms. The molecule has 0 N–H and O–H groups in total. The van der Waals surface area contributed by atoms with Crippen LogP contribution < -0.4 is 0 Å². The van der Waals surface area contributed by atoms with Crippen LogP contribution in [0.15, 0.2) is 109 Å². The second-order valence-corrected chi connectivity index (χ2v) is 11.2. The van der Waals surface area contributed by atoms with E-state index in [0.717, 1.165) is 24.3 Å². The van der Waals surface area contributed by atoms with Crippen molar-refractivity contribution in [1.82, 2.24) is 0 Å². The first-order valence-corrected chi connectivity index (χ1v) is 13.7. The van der Waals surface area contributed by atoms with Gasteiger partial charge in [0.2, 0.25) is 0 Å². The molecule has 0 saturated heterocycles. The zero-order valence-corrected chi connectivity index (χ0v) is 22.4. The van der Waals surface area contributed by atoms with Crippen LogP contribution in [0.3, 0.4) is 0 Å². The normalized spacial score (nSPS) is 13.9. The van der Waals surface area contributed by atoms with Gasteiger partial charge in [-0.1, -0.05) is 109 Å². The lowest BCUT2D eigenvalue weighted by Gasteiger charge is -2.38. The third kappa shape index (κ3) is 3.18. The van der Waals surface area contributed by atoms with Gasteiger partial charge in [0.05, 0.1) is 0 Å². The van der Waals surface area contributed by atoms with E-state index in [1.54, 1.807) is 60.7 Å². The Labute approximate surface area is 243 Å². The van der Waals surface area contributed by atoms with Crippen LogP contribution in [0.4, 0.5) is 35.1 Å². The van der Waals surface area contributed by atoms with Gasteiger partial charge in [0.15, 0.2) is 0 Å². The van der Waals surface area contributed by atoms with Crippen LogP contribution >= 0.6 is 0 Å². The third-order valence-corrected chi connectivity index (χ3v) is 8.92. The van der Waals surface area contributed by atoms with E-state index >= 15 is 35.1 Å². The van der Waals surface area contributed by atoms with Crippen molar-refractivity contribution < 1.29 is 35.1 Å². The standard InChI is InChI=1S/C36H18F8/c37-33(38,27-17-13-23-9-7-19-3-1-5-21-11-15-25(27)31(23)29(19)21)35(41,42)36(43,44)34(39,40)28-18-14-24-10-8-20-4-2-6-22-12-16-26(28)32(24)30(20)22/h1-18H. The van der Waals surface area contributed by atoms with Crippen LogP contribution in [0, 0.1) is 0 Å². The largest absolute Gasteiger partial charge is 0.382 e. The molecule has 218 valence electrons. The molecule has 0 aliphatic carbocycles. The summed E-state index contributed by atoms with van der Waals surface area (Å²) in [5, 5.41) is 3.77. The smallest absolute Gasteiger partial charge is 0.194 e. The number of benzene rings is 8. The molecule has 0 nitrogen and oxygen atoms in total. The molecule has 0 spiro atoms. The SMILES string of the molecule is FC(F)(c1ccc2ccc3cccc4ccc1c2c34)C(F)(F)C(F)(F)C(F)(F)c1ccc2ccc3cccc4ccc1c2c34. The first kappa shape index (κ1) is 26.9. The van der Waals surface area contributed by atoms with Crippen molar-refractivity contribution >= 4 is 64.6 Å². The van der Waals surface area contributed by atoms with Gasteiger partial charge in [0, 0.05) is 11.1 Å². The highest BCUT2D eigenvalue weighted by Crippen LogP contribution is 2.61. The Hall–Kier alpha value is -4.72. The summed E-state index contributed by atoms with van der Waals surface area (Å²) in [6, 6.07) is 25.5.